The van der Waals surface area contributed by atoms with Gasteiger partial charge in [-0.25, -0.2) is 0 Å². The molecule has 1 rings (SSSR count). The Kier molecular flexibility index (Phi) is 2.71. The first-order chi connectivity index (χ1) is 6.76. The van der Waals surface area contributed by atoms with Crippen LogP contribution in [0.3, 0.4) is 0 Å². The lowest BCUT2D eigenvalue weighted by molar-refractivity contribution is -0.196. The summed E-state index contributed by atoms with van der Waals surface area (Å²) in [6.45, 7) is 3.63. The minimum absolute atomic E-state index is 0.702. The highest BCUT2D eigenvalue weighted by Gasteiger charge is 2.60. The Balaban J connectivity index is 3.36. The van der Waals surface area contributed by atoms with Crippen LogP contribution in [0.1, 0.15) is 20.8 Å². The quantitative estimate of drug-likeness (QED) is 0.651. The molecule has 0 radical (unpaired) electrons. The van der Waals surface area contributed by atoms with Gasteiger partial charge < -0.3 is 14.9 Å². The number of Topliss-reactive ketones (excluding diaryl/α,β-unsaturated/α-hetero) is 2. The van der Waals surface area contributed by atoms with Gasteiger partial charge in [0.25, 0.3) is 0 Å². The van der Waals surface area contributed by atoms with Crippen molar-refractivity contribution in [3.8, 4) is 0 Å². The molecule has 0 saturated carbocycles. The van der Waals surface area contributed by atoms with E-state index in [4.69, 9.17) is 4.74 Å². The van der Waals surface area contributed by atoms with Gasteiger partial charge in [0.1, 0.15) is 6.10 Å². The van der Waals surface area contributed by atoms with Crippen LogP contribution < -0.4 is 0 Å². The van der Waals surface area contributed by atoms with E-state index in [0.717, 1.165) is 26.2 Å². The zero-order valence-corrected chi connectivity index (χ0v) is 8.85. The van der Waals surface area contributed by atoms with E-state index in [0.29, 0.717) is 0 Å². The Labute approximate surface area is 87.4 Å². The number of carbonyl (C=O) groups excluding carboxylic acids is 2. The molecule has 5 heteroatoms. The fourth-order valence-electron chi connectivity index (χ4n) is 1.73. The van der Waals surface area contributed by atoms with Crippen molar-refractivity contribution in [2.75, 3.05) is 0 Å². The summed E-state index contributed by atoms with van der Waals surface area (Å²) in [5, 5.41) is 20.1. The van der Waals surface area contributed by atoms with E-state index in [9.17, 15) is 19.8 Å². The summed E-state index contributed by atoms with van der Waals surface area (Å²) in [6.07, 6.45) is 1.13. The van der Waals surface area contributed by atoms with Gasteiger partial charge in [0.2, 0.25) is 0 Å². The molecule has 0 aromatic rings. The molecule has 0 fully saturated rings. The molecule has 0 unspecified atom stereocenters. The molecule has 0 aromatic heterocycles. The van der Waals surface area contributed by atoms with Crippen LogP contribution in [0.15, 0.2) is 12.3 Å². The van der Waals surface area contributed by atoms with Crippen LogP contribution in [0.2, 0.25) is 0 Å². The van der Waals surface area contributed by atoms with Crippen molar-refractivity contribution >= 4 is 11.6 Å². The number of carbonyl (C=O) groups is 2. The second kappa shape index (κ2) is 3.43. The van der Waals surface area contributed by atoms with Crippen molar-refractivity contribution in [1.82, 2.24) is 0 Å². The number of ether oxygens (including phenoxy) is 1. The highest BCUT2D eigenvalue weighted by Crippen LogP contribution is 2.34. The lowest BCUT2D eigenvalue weighted by Gasteiger charge is -2.43. The van der Waals surface area contributed by atoms with E-state index in [1.807, 2.05) is 0 Å². The Morgan fingerprint density at radius 3 is 2.13 bits per heavy atom. The standard InChI is InChI=1S/C10H14O5/c1-6(11)9(13)4-5-15-8(3)10(9,14)7(2)12/h4-5,8,13-14H,1-3H3/t8-,9+,10-/m0/s1. The molecule has 0 aromatic carbocycles. The fourth-order valence-corrected chi connectivity index (χ4v) is 1.73. The largest absolute Gasteiger partial charge is 0.495 e. The maximum Gasteiger partial charge on any atom is 0.199 e. The van der Waals surface area contributed by atoms with Gasteiger partial charge in [0.15, 0.2) is 22.8 Å². The average molecular weight is 214 g/mol. The molecule has 0 spiro atoms. The Hall–Kier alpha value is -1.20. The zero-order chi connectivity index (χ0) is 11.9. The first-order valence-corrected chi connectivity index (χ1v) is 4.56. The molecule has 0 saturated heterocycles. The van der Waals surface area contributed by atoms with Crippen LogP contribution in [0.5, 0.6) is 0 Å². The van der Waals surface area contributed by atoms with Crippen molar-refractivity contribution in [1.29, 1.82) is 0 Å². The van der Waals surface area contributed by atoms with E-state index in [1.54, 1.807) is 0 Å². The summed E-state index contributed by atoms with van der Waals surface area (Å²) in [4.78, 5) is 22.7. The van der Waals surface area contributed by atoms with Crippen molar-refractivity contribution in [2.45, 2.75) is 38.1 Å². The maximum absolute atomic E-state index is 11.4. The second-order valence-corrected chi connectivity index (χ2v) is 3.73. The van der Waals surface area contributed by atoms with Crippen LogP contribution in [0.4, 0.5) is 0 Å². The minimum Gasteiger partial charge on any atom is -0.495 e. The predicted molar refractivity (Wildman–Crippen MR) is 50.9 cm³/mol. The fraction of sp³-hybridized carbons (Fsp3) is 0.600. The molecule has 0 aliphatic carbocycles. The van der Waals surface area contributed by atoms with E-state index >= 15 is 0 Å². The topological polar surface area (TPSA) is 83.8 Å². The first-order valence-electron chi connectivity index (χ1n) is 4.56. The predicted octanol–water partition coefficient (Wildman–Crippen LogP) is -0.441. The first kappa shape index (κ1) is 11.9. The third kappa shape index (κ3) is 1.39. The second-order valence-electron chi connectivity index (χ2n) is 3.73. The van der Waals surface area contributed by atoms with Gasteiger partial charge in [0, 0.05) is 0 Å². The third-order valence-corrected chi connectivity index (χ3v) is 2.83. The molecule has 1 aliphatic heterocycles. The van der Waals surface area contributed by atoms with Crippen LogP contribution in [-0.2, 0) is 14.3 Å². The molecular weight excluding hydrogens is 200 g/mol. The van der Waals surface area contributed by atoms with Gasteiger partial charge in [-0.1, -0.05) is 0 Å². The van der Waals surface area contributed by atoms with Gasteiger partial charge in [-0.3, -0.25) is 9.59 Å². The summed E-state index contributed by atoms with van der Waals surface area (Å²) in [5.74, 6) is -1.41. The monoisotopic (exact) mass is 214 g/mol. The molecule has 84 valence electrons. The zero-order valence-electron chi connectivity index (χ0n) is 8.85. The van der Waals surface area contributed by atoms with Gasteiger partial charge in [0.05, 0.1) is 6.26 Å². The molecule has 1 aliphatic rings. The smallest absolute Gasteiger partial charge is 0.199 e. The summed E-state index contributed by atoms with van der Waals surface area (Å²) in [6, 6.07) is 0. The van der Waals surface area contributed by atoms with Gasteiger partial charge in [-0.2, -0.15) is 0 Å². The Bertz CT molecular complexity index is 335. The molecular formula is C10H14O5. The number of rotatable bonds is 2. The van der Waals surface area contributed by atoms with Crippen molar-refractivity contribution in [3.63, 3.8) is 0 Å². The van der Waals surface area contributed by atoms with Crippen molar-refractivity contribution < 1.29 is 24.5 Å². The van der Waals surface area contributed by atoms with Crippen LogP contribution >= 0.6 is 0 Å². The minimum atomic E-state index is -2.23. The summed E-state index contributed by atoms with van der Waals surface area (Å²) >= 11 is 0. The van der Waals surface area contributed by atoms with Crippen LogP contribution in [-0.4, -0.2) is 39.1 Å². The van der Waals surface area contributed by atoms with Gasteiger partial charge >= 0.3 is 0 Å². The van der Waals surface area contributed by atoms with E-state index in [-0.39, 0.29) is 0 Å². The summed E-state index contributed by atoms with van der Waals surface area (Å²) in [7, 11) is 0. The van der Waals surface area contributed by atoms with Gasteiger partial charge in [-0.15, -0.1) is 0 Å². The lowest BCUT2D eigenvalue weighted by Crippen LogP contribution is -2.68. The maximum atomic E-state index is 11.4. The number of hydrogen-bond donors (Lipinski definition) is 2. The molecule has 0 amide bonds. The highest BCUT2D eigenvalue weighted by molar-refractivity contribution is 5.99. The molecule has 2 N–H and O–H groups in total. The summed E-state index contributed by atoms with van der Waals surface area (Å²) in [5.41, 5.74) is -4.44. The third-order valence-electron chi connectivity index (χ3n) is 2.83. The van der Waals surface area contributed by atoms with Crippen LogP contribution in [0, 0.1) is 0 Å². The molecule has 3 atom stereocenters. The molecule has 15 heavy (non-hydrogen) atoms. The molecule has 1 heterocycles. The van der Waals surface area contributed by atoms with E-state index in [2.05, 4.69) is 0 Å². The van der Waals surface area contributed by atoms with Crippen molar-refractivity contribution in [2.24, 2.45) is 0 Å². The molecule has 0 bridgehead atoms. The average Bonchev–Trinajstić information content (AvgIpc) is 2.13. The Morgan fingerprint density at radius 1 is 1.27 bits per heavy atom. The number of aliphatic hydroxyl groups is 2. The highest BCUT2D eigenvalue weighted by atomic mass is 16.5. The summed E-state index contributed by atoms with van der Waals surface area (Å²) < 4.78 is 4.94. The van der Waals surface area contributed by atoms with Crippen LogP contribution in [0.25, 0.3) is 0 Å². The van der Waals surface area contributed by atoms with Gasteiger partial charge in [-0.05, 0) is 26.8 Å². The molecule has 5 nitrogen and oxygen atoms in total. The van der Waals surface area contributed by atoms with E-state index in [1.165, 1.54) is 6.92 Å². The Morgan fingerprint density at radius 2 is 1.80 bits per heavy atom. The normalized spacial score (nSPS) is 39.7. The number of ketones is 2. The SMILES string of the molecule is CC(=O)[C@]1(O)C=CO[C@@H](C)[C@@]1(O)C(C)=O. The number of hydrogen-bond acceptors (Lipinski definition) is 5. The lowest BCUT2D eigenvalue weighted by atomic mass is 9.73. The van der Waals surface area contributed by atoms with E-state index < -0.39 is 28.9 Å². The van der Waals surface area contributed by atoms with Crippen molar-refractivity contribution in [3.05, 3.63) is 12.3 Å².